The molecule has 1 N–H and O–H groups in total. The van der Waals surface area contributed by atoms with Crippen molar-refractivity contribution in [1.82, 2.24) is 4.72 Å². The zero-order valence-electron chi connectivity index (χ0n) is 11.8. The predicted molar refractivity (Wildman–Crippen MR) is 80.1 cm³/mol. The number of hydrogen-bond donors (Lipinski definition) is 1. The van der Waals surface area contributed by atoms with Crippen molar-refractivity contribution in [1.29, 1.82) is 0 Å². The summed E-state index contributed by atoms with van der Waals surface area (Å²) in [5, 5.41) is 0.0990. The Hall–Kier alpha value is -0.450. The first kappa shape index (κ1) is 16.6. The summed E-state index contributed by atoms with van der Waals surface area (Å²) in [6.45, 7) is 7.66. The molecule has 108 valence electrons. The van der Waals surface area contributed by atoms with Crippen LogP contribution in [-0.2, 0) is 11.0 Å². The SMILES string of the molecule is CCC[C@H](N[S@](=O)C(C)(C)C)c1cccc(Cl)c1F. The number of rotatable bonds is 5. The molecule has 5 heteroatoms. The highest BCUT2D eigenvalue weighted by molar-refractivity contribution is 7.84. The van der Waals surface area contributed by atoms with E-state index in [2.05, 4.69) is 4.72 Å². The third-order valence-corrected chi connectivity index (χ3v) is 4.64. The predicted octanol–water partition coefficient (Wildman–Crippen LogP) is 4.37. The smallest absolute Gasteiger partial charge is 0.146 e. The second-order valence-electron chi connectivity index (χ2n) is 5.48. The van der Waals surface area contributed by atoms with Gasteiger partial charge in [0.2, 0.25) is 0 Å². The number of hydrogen-bond acceptors (Lipinski definition) is 1. The van der Waals surface area contributed by atoms with E-state index in [9.17, 15) is 8.60 Å². The number of halogens is 2. The van der Waals surface area contributed by atoms with Gasteiger partial charge in [-0.1, -0.05) is 37.1 Å². The number of benzene rings is 1. The Bertz CT molecular complexity index is 459. The Morgan fingerprint density at radius 1 is 1.42 bits per heavy atom. The van der Waals surface area contributed by atoms with Crippen LogP contribution in [0.3, 0.4) is 0 Å². The Balaban J connectivity index is 3.01. The highest BCUT2D eigenvalue weighted by Gasteiger charge is 2.25. The Morgan fingerprint density at radius 3 is 2.58 bits per heavy atom. The van der Waals surface area contributed by atoms with Crippen molar-refractivity contribution in [3.05, 3.63) is 34.6 Å². The highest BCUT2D eigenvalue weighted by atomic mass is 35.5. The van der Waals surface area contributed by atoms with Crippen LogP contribution in [0.4, 0.5) is 4.39 Å². The van der Waals surface area contributed by atoms with E-state index in [0.29, 0.717) is 12.0 Å². The Kier molecular flexibility index (Phi) is 5.96. The Labute approximate surface area is 122 Å². The molecule has 0 bridgehead atoms. The summed E-state index contributed by atoms with van der Waals surface area (Å²) in [4.78, 5) is 0. The zero-order chi connectivity index (χ0) is 14.6. The van der Waals surface area contributed by atoms with Gasteiger partial charge in [0.25, 0.3) is 0 Å². The fourth-order valence-corrected chi connectivity index (χ4v) is 2.70. The van der Waals surface area contributed by atoms with Gasteiger partial charge < -0.3 is 0 Å². The van der Waals surface area contributed by atoms with Gasteiger partial charge in [0, 0.05) is 11.6 Å². The van der Waals surface area contributed by atoms with Gasteiger partial charge >= 0.3 is 0 Å². The van der Waals surface area contributed by atoms with Gasteiger partial charge in [-0.2, -0.15) is 0 Å². The van der Waals surface area contributed by atoms with Gasteiger partial charge in [0.15, 0.2) is 0 Å². The molecule has 0 unspecified atom stereocenters. The zero-order valence-corrected chi connectivity index (χ0v) is 13.4. The first-order valence-corrected chi connectivity index (χ1v) is 7.92. The third kappa shape index (κ3) is 4.55. The summed E-state index contributed by atoms with van der Waals surface area (Å²) >= 11 is 5.81. The van der Waals surface area contributed by atoms with E-state index in [1.54, 1.807) is 12.1 Å². The minimum absolute atomic E-state index is 0.0990. The first-order chi connectivity index (χ1) is 8.77. The van der Waals surface area contributed by atoms with Crippen molar-refractivity contribution in [2.24, 2.45) is 0 Å². The molecule has 19 heavy (non-hydrogen) atoms. The van der Waals surface area contributed by atoms with Gasteiger partial charge in [-0.25, -0.2) is 13.3 Å². The van der Waals surface area contributed by atoms with E-state index in [4.69, 9.17) is 11.6 Å². The van der Waals surface area contributed by atoms with E-state index < -0.39 is 16.8 Å². The molecule has 1 aromatic carbocycles. The number of nitrogens with one attached hydrogen (secondary N) is 1. The minimum Gasteiger partial charge on any atom is -0.242 e. The van der Waals surface area contributed by atoms with Crippen LogP contribution in [0.5, 0.6) is 0 Å². The van der Waals surface area contributed by atoms with Crippen LogP contribution >= 0.6 is 11.6 Å². The molecule has 0 aliphatic carbocycles. The molecule has 2 atom stereocenters. The lowest BCUT2D eigenvalue weighted by molar-refractivity contribution is 0.527. The molecule has 2 nitrogen and oxygen atoms in total. The van der Waals surface area contributed by atoms with Crippen LogP contribution in [0.25, 0.3) is 0 Å². The van der Waals surface area contributed by atoms with Crippen molar-refractivity contribution in [2.75, 3.05) is 0 Å². The average Bonchev–Trinajstić information content (AvgIpc) is 2.31. The van der Waals surface area contributed by atoms with Gasteiger partial charge in [-0.3, -0.25) is 0 Å². The molecule has 0 aromatic heterocycles. The molecule has 0 radical (unpaired) electrons. The quantitative estimate of drug-likeness (QED) is 0.860. The van der Waals surface area contributed by atoms with E-state index in [0.717, 1.165) is 6.42 Å². The summed E-state index contributed by atoms with van der Waals surface area (Å²) in [6, 6.07) is 4.63. The molecule has 0 aliphatic rings. The normalized spacial score (nSPS) is 15.3. The molecular weight excluding hydrogens is 285 g/mol. The van der Waals surface area contributed by atoms with Crippen LogP contribution in [0, 0.1) is 5.82 Å². The first-order valence-electron chi connectivity index (χ1n) is 6.39. The van der Waals surface area contributed by atoms with E-state index in [-0.39, 0.29) is 15.8 Å². The maximum atomic E-state index is 14.1. The van der Waals surface area contributed by atoms with Crippen LogP contribution in [0.2, 0.25) is 5.02 Å². The molecule has 0 fully saturated rings. The fraction of sp³-hybridized carbons (Fsp3) is 0.571. The van der Waals surface area contributed by atoms with Gasteiger partial charge in [0.1, 0.15) is 5.82 Å². The lowest BCUT2D eigenvalue weighted by atomic mass is 10.0. The molecule has 0 amide bonds. The molecule has 0 saturated heterocycles. The van der Waals surface area contributed by atoms with Crippen LogP contribution < -0.4 is 4.72 Å². The fourth-order valence-electron chi connectivity index (χ4n) is 1.66. The van der Waals surface area contributed by atoms with Crippen LogP contribution in [0.1, 0.15) is 52.1 Å². The van der Waals surface area contributed by atoms with Crippen molar-refractivity contribution in [3.63, 3.8) is 0 Å². The summed E-state index contributed by atoms with van der Waals surface area (Å²) in [6.07, 6.45) is 1.57. The summed E-state index contributed by atoms with van der Waals surface area (Å²) in [5.41, 5.74) is 0.479. The maximum absolute atomic E-state index is 14.1. The summed E-state index contributed by atoms with van der Waals surface area (Å²) < 4.78 is 28.8. The standard InChI is InChI=1S/C14H21ClFNOS/c1-5-7-12(17-19(18)14(2,3)4)10-8-6-9-11(15)13(10)16/h6,8-9,12,17H,5,7H2,1-4H3/t12-,19+/m0/s1. The molecule has 0 aliphatic heterocycles. The van der Waals surface area contributed by atoms with Gasteiger partial charge in [-0.05, 0) is 33.3 Å². The lowest BCUT2D eigenvalue weighted by Crippen LogP contribution is -2.36. The second-order valence-corrected chi connectivity index (χ2v) is 7.89. The third-order valence-electron chi connectivity index (χ3n) is 2.74. The Morgan fingerprint density at radius 2 is 2.05 bits per heavy atom. The second kappa shape index (κ2) is 6.82. The van der Waals surface area contributed by atoms with Crippen molar-refractivity contribution in [2.45, 2.75) is 51.3 Å². The van der Waals surface area contributed by atoms with Gasteiger partial charge in [0.05, 0.1) is 20.8 Å². The molecule has 0 heterocycles. The van der Waals surface area contributed by atoms with Crippen molar-refractivity contribution < 1.29 is 8.60 Å². The molecule has 1 rings (SSSR count). The van der Waals surface area contributed by atoms with Crippen LogP contribution in [-0.4, -0.2) is 8.96 Å². The lowest BCUT2D eigenvalue weighted by Gasteiger charge is -2.24. The van der Waals surface area contributed by atoms with E-state index >= 15 is 0 Å². The van der Waals surface area contributed by atoms with Gasteiger partial charge in [-0.15, -0.1) is 0 Å². The molecular formula is C14H21ClFNOS. The van der Waals surface area contributed by atoms with Crippen molar-refractivity contribution in [3.8, 4) is 0 Å². The van der Waals surface area contributed by atoms with Crippen LogP contribution in [0.15, 0.2) is 18.2 Å². The van der Waals surface area contributed by atoms with E-state index in [1.165, 1.54) is 6.07 Å². The minimum atomic E-state index is -1.24. The largest absolute Gasteiger partial charge is 0.242 e. The highest BCUT2D eigenvalue weighted by Crippen LogP contribution is 2.27. The topological polar surface area (TPSA) is 29.1 Å². The summed E-state index contributed by atoms with van der Waals surface area (Å²) in [7, 11) is -1.24. The van der Waals surface area contributed by atoms with Crippen molar-refractivity contribution >= 4 is 22.6 Å². The average molecular weight is 306 g/mol. The molecule has 1 aromatic rings. The monoisotopic (exact) mass is 305 g/mol. The summed E-state index contributed by atoms with van der Waals surface area (Å²) in [5.74, 6) is -0.430. The van der Waals surface area contributed by atoms with E-state index in [1.807, 2.05) is 27.7 Å². The molecule has 0 saturated carbocycles. The molecule has 0 spiro atoms. The maximum Gasteiger partial charge on any atom is 0.146 e.